The minimum absolute atomic E-state index is 0.00874. The molecule has 0 bridgehead atoms. The molecule has 182 valence electrons. The Balaban J connectivity index is 1.26. The SMILES string of the molecule is CC(I)C(=NOCc1ccncc1)c1ccc(OCC(=O)N2CCN(c3ccccc3)CC2)cc1. The third-order valence-corrected chi connectivity index (χ3v) is 6.38. The van der Waals surface area contributed by atoms with E-state index in [2.05, 4.69) is 56.7 Å². The van der Waals surface area contributed by atoms with Gasteiger partial charge in [0.15, 0.2) is 6.61 Å². The molecule has 1 saturated heterocycles. The third kappa shape index (κ3) is 7.17. The lowest BCUT2D eigenvalue weighted by Crippen LogP contribution is -2.50. The number of carbonyl (C=O) groups excluding carboxylic acids is 1. The Labute approximate surface area is 219 Å². The van der Waals surface area contributed by atoms with Gasteiger partial charge in [-0.25, -0.2) is 0 Å². The molecule has 2 aromatic carbocycles. The monoisotopic (exact) mass is 584 g/mol. The highest BCUT2D eigenvalue weighted by atomic mass is 127. The first-order chi connectivity index (χ1) is 17.1. The van der Waals surface area contributed by atoms with Gasteiger partial charge in [0.2, 0.25) is 0 Å². The minimum Gasteiger partial charge on any atom is -0.484 e. The predicted molar refractivity (Wildman–Crippen MR) is 146 cm³/mol. The van der Waals surface area contributed by atoms with Crippen molar-refractivity contribution in [2.24, 2.45) is 5.16 Å². The Kier molecular flexibility index (Phi) is 8.94. The van der Waals surface area contributed by atoms with Gasteiger partial charge in [-0.2, -0.15) is 0 Å². The van der Waals surface area contributed by atoms with Gasteiger partial charge in [0.25, 0.3) is 5.91 Å². The number of amides is 1. The second-order valence-corrected chi connectivity index (χ2v) is 10.1. The van der Waals surface area contributed by atoms with Gasteiger partial charge in [-0.3, -0.25) is 9.78 Å². The zero-order chi connectivity index (χ0) is 24.5. The van der Waals surface area contributed by atoms with Crippen molar-refractivity contribution in [2.45, 2.75) is 17.5 Å². The second-order valence-electron chi connectivity index (χ2n) is 8.24. The first-order valence-electron chi connectivity index (χ1n) is 11.6. The number of hydrogen-bond donors (Lipinski definition) is 0. The van der Waals surface area contributed by atoms with Crippen molar-refractivity contribution in [3.8, 4) is 5.75 Å². The van der Waals surface area contributed by atoms with Crippen molar-refractivity contribution in [3.63, 3.8) is 0 Å². The molecule has 0 N–H and O–H groups in total. The van der Waals surface area contributed by atoms with Gasteiger partial charge < -0.3 is 19.4 Å². The number of nitrogens with zero attached hydrogens (tertiary/aromatic N) is 4. The molecule has 7 nitrogen and oxygen atoms in total. The number of ether oxygens (including phenoxy) is 1. The van der Waals surface area contributed by atoms with Gasteiger partial charge in [-0.15, -0.1) is 0 Å². The van der Waals surface area contributed by atoms with Crippen molar-refractivity contribution in [3.05, 3.63) is 90.3 Å². The summed E-state index contributed by atoms with van der Waals surface area (Å²) in [5, 5.41) is 4.36. The lowest BCUT2D eigenvalue weighted by atomic mass is 10.1. The van der Waals surface area contributed by atoms with E-state index in [-0.39, 0.29) is 16.4 Å². The number of pyridine rings is 1. The molecule has 1 aliphatic rings. The average Bonchev–Trinajstić information content (AvgIpc) is 2.91. The maximum absolute atomic E-state index is 12.7. The van der Waals surface area contributed by atoms with Crippen LogP contribution in [0.1, 0.15) is 18.1 Å². The molecule has 0 aliphatic carbocycles. The second kappa shape index (κ2) is 12.5. The molecule has 3 aromatic rings. The van der Waals surface area contributed by atoms with Crippen LogP contribution in [0.2, 0.25) is 0 Å². The molecule has 0 saturated carbocycles. The number of hydrogen-bond acceptors (Lipinski definition) is 6. The fourth-order valence-electron chi connectivity index (χ4n) is 3.82. The molecule has 4 rings (SSSR count). The van der Waals surface area contributed by atoms with Crippen molar-refractivity contribution < 1.29 is 14.4 Å². The largest absolute Gasteiger partial charge is 0.484 e. The Bertz CT molecular complexity index is 1100. The summed E-state index contributed by atoms with van der Waals surface area (Å²) in [6, 6.07) is 21.7. The van der Waals surface area contributed by atoms with Crippen LogP contribution in [0.3, 0.4) is 0 Å². The van der Waals surface area contributed by atoms with E-state index in [0.29, 0.717) is 25.4 Å². The van der Waals surface area contributed by atoms with Crippen LogP contribution in [0.5, 0.6) is 5.75 Å². The predicted octanol–water partition coefficient (Wildman–Crippen LogP) is 4.55. The molecule has 1 amide bonds. The summed E-state index contributed by atoms with van der Waals surface area (Å²) < 4.78 is 5.94. The summed E-state index contributed by atoms with van der Waals surface area (Å²) in [5.41, 5.74) is 4.01. The molecule has 1 aromatic heterocycles. The number of rotatable bonds is 9. The summed E-state index contributed by atoms with van der Waals surface area (Å²) in [4.78, 5) is 26.4. The summed E-state index contributed by atoms with van der Waals surface area (Å²) in [7, 11) is 0. The van der Waals surface area contributed by atoms with Gasteiger partial charge in [-0.05, 0) is 61.0 Å². The first kappa shape index (κ1) is 25.0. The molecule has 1 fully saturated rings. The van der Waals surface area contributed by atoms with Crippen LogP contribution in [0.15, 0.2) is 84.3 Å². The summed E-state index contributed by atoms with van der Waals surface area (Å²) in [6.07, 6.45) is 3.47. The number of carbonyl (C=O) groups is 1. The number of anilines is 1. The van der Waals surface area contributed by atoms with Crippen LogP contribution in [-0.2, 0) is 16.2 Å². The number of oxime groups is 1. The van der Waals surface area contributed by atoms with E-state index in [9.17, 15) is 4.79 Å². The van der Waals surface area contributed by atoms with E-state index < -0.39 is 0 Å². The number of alkyl halides is 1. The number of para-hydroxylation sites is 1. The van der Waals surface area contributed by atoms with Gasteiger partial charge in [0, 0.05) is 49.8 Å². The van der Waals surface area contributed by atoms with Crippen LogP contribution in [0, 0.1) is 0 Å². The zero-order valence-corrected chi connectivity index (χ0v) is 21.9. The lowest BCUT2D eigenvalue weighted by Gasteiger charge is -2.36. The van der Waals surface area contributed by atoms with E-state index in [0.717, 1.165) is 29.9 Å². The topological polar surface area (TPSA) is 67.3 Å². The van der Waals surface area contributed by atoms with Gasteiger partial charge in [0.05, 0.1) is 9.64 Å². The van der Waals surface area contributed by atoms with Crippen LogP contribution in [0.25, 0.3) is 0 Å². The van der Waals surface area contributed by atoms with E-state index >= 15 is 0 Å². The fraction of sp³-hybridized carbons (Fsp3) is 0.296. The van der Waals surface area contributed by atoms with E-state index in [4.69, 9.17) is 9.57 Å². The number of aromatic nitrogens is 1. The Morgan fingerprint density at radius 1 is 1.00 bits per heavy atom. The van der Waals surface area contributed by atoms with Crippen LogP contribution < -0.4 is 9.64 Å². The van der Waals surface area contributed by atoms with Crippen LogP contribution >= 0.6 is 22.6 Å². The molecule has 0 radical (unpaired) electrons. The molecule has 8 heteroatoms. The number of piperazine rings is 1. The standard InChI is InChI=1S/C27H29IN4O3/c1-21(28)27(30-35-19-22-11-13-29-14-12-22)23-7-9-25(10-8-23)34-20-26(33)32-17-15-31(16-18-32)24-5-3-2-4-6-24/h2-14,21H,15-20H2,1H3. The smallest absolute Gasteiger partial charge is 0.260 e. The fourth-order valence-corrected chi connectivity index (χ4v) is 4.29. The number of benzene rings is 2. The Morgan fingerprint density at radius 2 is 1.69 bits per heavy atom. The Morgan fingerprint density at radius 3 is 2.34 bits per heavy atom. The van der Waals surface area contributed by atoms with Gasteiger partial charge >= 0.3 is 0 Å². The van der Waals surface area contributed by atoms with Gasteiger partial charge in [-0.1, -0.05) is 45.9 Å². The molecule has 35 heavy (non-hydrogen) atoms. The van der Waals surface area contributed by atoms with Gasteiger partial charge in [0.1, 0.15) is 12.4 Å². The highest BCUT2D eigenvalue weighted by molar-refractivity contribution is 14.1. The van der Waals surface area contributed by atoms with Crippen molar-refractivity contribution in [1.29, 1.82) is 0 Å². The van der Waals surface area contributed by atoms with Crippen LogP contribution in [0.4, 0.5) is 5.69 Å². The molecule has 1 aliphatic heterocycles. The van der Waals surface area contributed by atoms with Crippen molar-refractivity contribution in [2.75, 3.05) is 37.7 Å². The lowest BCUT2D eigenvalue weighted by molar-refractivity contribution is -0.133. The first-order valence-corrected chi connectivity index (χ1v) is 12.9. The molecular formula is C27H29IN4O3. The zero-order valence-electron chi connectivity index (χ0n) is 19.7. The normalized spacial score (nSPS) is 15.0. The van der Waals surface area contributed by atoms with Crippen molar-refractivity contribution in [1.82, 2.24) is 9.88 Å². The maximum Gasteiger partial charge on any atom is 0.260 e. The van der Waals surface area contributed by atoms with E-state index in [1.54, 1.807) is 12.4 Å². The maximum atomic E-state index is 12.7. The molecular weight excluding hydrogens is 555 g/mol. The molecule has 1 atom stereocenters. The third-order valence-electron chi connectivity index (χ3n) is 5.79. The van der Waals surface area contributed by atoms with Crippen LogP contribution in [-0.4, -0.2) is 58.2 Å². The Hall–Kier alpha value is -3.14. The molecule has 2 heterocycles. The summed E-state index contributed by atoms with van der Waals surface area (Å²) in [5.74, 6) is 0.664. The highest BCUT2D eigenvalue weighted by Crippen LogP contribution is 2.19. The molecule has 0 spiro atoms. The summed E-state index contributed by atoms with van der Waals surface area (Å²) >= 11 is 2.32. The summed E-state index contributed by atoms with van der Waals surface area (Å²) in [6.45, 7) is 5.53. The molecule has 1 unspecified atom stereocenters. The quantitative estimate of drug-likeness (QED) is 0.160. The average molecular weight is 584 g/mol. The van der Waals surface area contributed by atoms with Crippen molar-refractivity contribution >= 4 is 39.9 Å². The minimum atomic E-state index is 0.00874. The highest BCUT2D eigenvalue weighted by Gasteiger charge is 2.21. The van der Waals surface area contributed by atoms with E-state index in [1.165, 1.54) is 5.69 Å². The van der Waals surface area contributed by atoms with E-state index in [1.807, 2.05) is 59.5 Å². The number of halogens is 1.